The van der Waals surface area contributed by atoms with Gasteiger partial charge in [0.15, 0.2) is 0 Å². The maximum atomic E-state index is 12.9. The first-order valence-corrected chi connectivity index (χ1v) is 17.1. The number of nitrogens with two attached hydrogens (primary N) is 1. The SMILES string of the molecule is CC(C)OC(=O)[C@H](C)N[PH](O)(N[C@@H](C)C(=O)OC(C)C)OC[C@H]1O[C@@](C#N)(c2ccc3c(N)ncnn23)[C@](C)(O)[C@@H]1OC(=O)C(C)C. The molecule has 0 amide bonds. The fraction of sp³-hybridized carbons (Fsp3) is 0.655. The summed E-state index contributed by atoms with van der Waals surface area (Å²) in [6.07, 6.45) is -2.64. The molecule has 1 aliphatic rings. The first-order valence-electron chi connectivity index (χ1n) is 15.2. The molecule has 1 saturated heterocycles. The molecule has 6 atom stereocenters. The molecule has 1 fully saturated rings. The van der Waals surface area contributed by atoms with E-state index in [0.717, 1.165) is 6.33 Å². The van der Waals surface area contributed by atoms with Gasteiger partial charge in [0.25, 0.3) is 0 Å². The van der Waals surface area contributed by atoms with Gasteiger partial charge in [0.1, 0.15) is 0 Å². The molecule has 0 aromatic carbocycles. The van der Waals surface area contributed by atoms with Gasteiger partial charge < -0.3 is 0 Å². The van der Waals surface area contributed by atoms with Crippen molar-refractivity contribution < 1.29 is 47.9 Å². The van der Waals surface area contributed by atoms with Gasteiger partial charge in [-0.1, -0.05) is 0 Å². The number of nitrogens with zero attached hydrogens (tertiary/aromatic N) is 4. The number of aliphatic hydroxyl groups is 1. The number of rotatable bonds is 14. The van der Waals surface area contributed by atoms with E-state index in [4.69, 9.17) is 29.2 Å². The molecule has 262 valence electrons. The number of ether oxygens (including phenoxy) is 4. The zero-order valence-corrected chi connectivity index (χ0v) is 29.0. The quantitative estimate of drug-likeness (QED) is 0.106. The zero-order chi connectivity index (χ0) is 35.5. The molecule has 47 heavy (non-hydrogen) atoms. The topological polar surface area (TPSA) is 242 Å². The Balaban J connectivity index is 2.04. The average molecular weight is 684 g/mol. The molecule has 2 aromatic heterocycles. The number of hydrogen-bond acceptors (Lipinski definition) is 16. The Bertz CT molecular complexity index is 1460. The summed E-state index contributed by atoms with van der Waals surface area (Å²) in [6.45, 7) is 13.3. The van der Waals surface area contributed by atoms with Crippen LogP contribution >= 0.6 is 8.02 Å². The molecule has 1 aliphatic heterocycles. The number of fused-ring (bicyclic) bond motifs is 1. The number of aromatic nitrogens is 3. The second-order valence-electron chi connectivity index (χ2n) is 12.4. The normalized spacial score (nSPS) is 24.7. The summed E-state index contributed by atoms with van der Waals surface area (Å²) in [5.41, 5.74) is 1.94. The number of carbonyl (C=O) groups excluding carboxylic acids is 3. The third-order valence-corrected chi connectivity index (χ3v) is 9.57. The van der Waals surface area contributed by atoms with Crippen LogP contribution in [-0.4, -0.2) is 91.2 Å². The van der Waals surface area contributed by atoms with Crippen LogP contribution in [0.15, 0.2) is 18.5 Å². The molecule has 0 saturated carbocycles. The van der Waals surface area contributed by atoms with Crippen molar-refractivity contribution in [1.29, 1.82) is 5.26 Å². The number of carbonyl (C=O) groups is 3. The number of esters is 3. The van der Waals surface area contributed by atoms with Crippen LogP contribution in [0.25, 0.3) is 5.52 Å². The predicted molar refractivity (Wildman–Crippen MR) is 169 cm³/mol. The summed E-state index contributed by atoms with van der Waals surface area (Å²) in [6, 6.07) is 2.80. The summed E-state index contributed by atoms with van der Waals surface area (Å²) in [5.74, 6) is -2.64. The van der Waals surface area contributed by atoms with E-state index in [2.05, 4.69) is 20.3 Å². The third kappa shape index (κ3) is 8.15. The predicted octanol–water partition coefficient (Wildman–Crippen LogP) is 1.03. The molecule has 18 heteroatoms. The van der Waals surface area contributed by atoms with Crippen LogP contribution in [0.5, 0.6) is 0 Å². The zero-order valence-electron chi connectivity index (χ0n) is 28.0. The van der Waals surface area contributed by atoms with E-state index in [1.807, 2.05) is 6.07 Å². The van der Waals surface area contributed by atoms with Crippen molar-refractivity contribution in [3.63, 3.8) is 0 Å². The van der Waals surface area contributed by atoms with Crippen LogP contribution in [0.3, 0.4) is 0 Å². The molecular formula is C29H46N7O10P. The molecule has 0 radical (unpaired) electrons. The van der Waals surface area contributed by atoms with Gasteiger partial charge in [0, 0.05) is 0 Å². The van der Waals surface area contributed by atoms with Gasteiger partial charge in [0.2, 0.25) is 0 Å². The molecule has 0 bridgehead atoms. The molecule has 0 spiro atoms. The van der Waals surface area contributed by atoms with Crippen LogP contribution in [0.2, 0.25) is 0 Å². The fourth-order valence-electron chi connectivity index (χ4n) is 4.98. The van der Waals surface area contributed by atoms with Gasteiger partial charge in [-0.3, -0.25) is 0 Å². The minimum atomic E-state index is -4.51. The molecule has 0 aliphatic carbocycles. The monoisotopic (exact) mass is 683 g/mol. The number of nitrogens with one attached hydrogen (secondary N) is 2. The van der Waals surface area contributed by atoms with Crippen molar-refractivity contribution in [3.8, 4) is 6.07 Å². The number of anilines is 1. The van der Waals surface area contributed by atoms with E-state index in [9.17, 15) is 29.6 Å². The molecular weight excluding hydrogens is 637 g/mol. The van der Waals surface area contributed by atoms with Crippen LogP contribution in [0.4, 0.5) is 5.82 Å². The summed E-state index contributed by atoms with van der Waals surface area (Å²) in [5, 5.41) is 32.2. The first-order chi connectivity index (χ1) is 21.8. The molecule has 17 nitrogen and oxygen atoms in total. The Morgan fingerprint density at radius 2 is 1.62 bits per heavy atom. The summed E-state index contributed by atoms with van der Waals surface area (Å²) < 4.78 is 29.7. The van der Waals surface area contributed by atoms with E-state index in [-0.39, 0.29) is 11.5 Å². The van der Waals surface area contributed by atoms with E-state index in [1.54, 1.807) is 41.5 Å². The van der Waals surface area contributed by atoms with Crippen LogP contribution in [0, 0.1) is 17.2 Å². The molecule has 0 unspecified atom stereocenters. The van der Waals surface area contributed by atoms with E-state index in [0.29, 0.717) is 5.52 Å². The first kappa shape index (κ1) is 38.0. The Hall–Kier alpha value is -3.49. The van der Waals surface area contributed by atoms with E-state index in [1.165, 1.54) is 37.4 Å². The molecule has 6 N–H and O–H groups in total. The van der Waals surface area contributed by atoms with Gasteiger partial charge in [-0.2, -0.15) is 0 Å². The van der Waals surface area contributed by atoms with Crippen LogP contribution in [0.1, 0.15) is 68.0 Å². The Morgan fingerprint density at radius 3 is 2.11 bits per heavy atom. The third-order valence-electron chi connectivity index (χ3n) is 7.34. The van der Waals surface area contributed by atoms with Gasteiger partial charge in [-0.05, 0) is 0 Å². The van der Waals surface area contributed by atoms with Crippen molar-refractivity contribution in [2.75, 3.05) is 12.3 Å². The van der Waals surface area contributed by atoms with Crippen molar-refractivity contribution in [2.45, 2.75) is 110 Å². The Kier molecular flexibility index (Phi) is 11.9. The van der Waals surface area contributed by atoms with Crippen molar-refractivity contribution in [3.05, 3.63) is 24.2 Å². The Labute approximate surface area is 273 Å². The molecule has 3 heterocycles. The van der Waals surface area contributed by atoms with Gasteiger partial charge in [-0.15, -0.1) is 0 Å². The van der Waals surface area contributed by atoms with Crippen LogP contribution < -0.4 is 15.9 Å². The number of nitriles is 1. The molecule has 2 aromatic rings. The Morgan fingerprint density at radius 1 is 1.06 bits per heavy atom. The van der Waals surface area contributed by atoms with E-state index >= 15 is 0 Å². The van der Waals surface area contributed by atoms with Gasteiger partial charge in [-0.25, -0.2) is 0 Å². The second-order valence-corrected chi connectivity index (χ2v) is 14.6. The summed E-state index contributed by atoms with van der Waals surface area (Å²) in [7, 11) is -4.51. The standard InChI is InChI=1S/C29H46N7O10P/c1-15(2)25(37)45-23-21(46-29(13-30,28(23,9)40)22-11-10-20-24(31)32-14-33-36(20)22)12-42-47(41,34-18(7)26(38)43-16(3)4)35-19(8)27(39)44-17(5)6/h10-11,14-19,21,23,34-35,40-41,47H,12H2,1-9H3,(H2,31,32,33)/t18-,19-,21+,23+,28+,29-/m0/s1. The van der Waals surface area contributed by atoms with Crippen molar-refractivity contribution >= 4 is 37.3 Å². The summed E-state index contributed by atoms with van der Waals surface area (Å²) in [4.78, 5) is 53.9. The minimum absolute atomic E-state index is 0.0565. The van der Waals surface area contributed by atoms with Crippen LogP contribution in [-0.2, 0) is 43.5 Å². The number of nitrogen functional groups attached to an aromatic ring is 1. The fourth-order valence-corrected chi connectivity index (χ4v) is 7.05. The van der Waals surface area contributed by atoms with E-state index < -0.39 is 86.2 Å². The number of hydrogen-bond donors (Lipinski definition) is 5. The molecule has 3 rings (SSSR count). The van der Waals surface area contributed by atoms with Gasteiger partial charge in [0.05, 0.1) is 0 Å². The summed E-state index contributed by atoms with van der Waals surface area (Å²) >= 11 is 0. The van der Waals surface area contributed by atoms with Gasteiger partial charge >= 0.3 is 274 Å². The average Bonchev–Trinajstić information content (AvgIpc) is 3.49. The second kappa shape index (κ2) is 14.7. The maximum absolute atomic E-state index is 12.9. The van der Waals surface area contributed by atoms with Crippen molar-refractivity contribution in [1.82, 2.24) is 24.8 Å². The van der Waals surface area contributed by atoms with Crippen molar-refractivity contribution in [2.24, 2.45) is 5.92 Å².